The Bertz CT molecular complexity index is 699. The molecule has 1 unspecified atom stereocenters. The number of aryl methyl sites for hydroxylation is 1. The van der Waals surface area contributed by atoms with Gasteiger partial charge in [0.05, 0.1) is 6.61 Å². The van der Waals surface area contributed by atoms with E-state index in [9.17, 15) is 4.79 Å². The number of quaternary nitrogens is 1. The first-order chi connectivity index (χ1) is 12.5. The van der Waals surface area contributed by atoms with E-state index in [2.05, 4.69) is 37.4 Å². The maximum absolute atomic E-state index is 12.7. The molecule has 0 fully saturated rings. The molecule has 4 nitrogen and oxygen atoms in total. The van der Waals surface area contributed by atoms with Crippen molar-refractivity contribution in [3.63, 3.8) is 0 Å². The number of hydrogen-bond donors (Lipinski definition) is 2. The van der Waals surface area contributed by atoms with Gasteiger partial charge in [0.25, 0.3) is 5.91 Å². The van der Waals surface area contributed by atoms with E-state index >= 15 is 0 Å². The Morgan fingerprint density at radius 2 is 1.85 bits per heavy atom. The van der Waals surface area contributed by atoms with Crippen molar-refractivity contribution < 1.29 is 14.4 Å². The lowest BCUT2D eigenvalue weighted by atomic mass is 9.98. The molecule has 0 spiro atoms. The molecule has 0 aliphatic heterocycles. The van der Waals surface area contributed by atoms with Gasteiger partial charge in [0, 0.05) is 18.4 Å². The summed E-state index contributed by atoms with van der Waals surface area (Å²) in [4.78, 5) is 13.9. The number of benzene rings is 2. The Labute approximate surface area is 157 Å². The number of methoxy groups -OCH3 is 1. The fraction of sp³-hybridized carbons (Fsp3) is 0.409. The van der Waals surface area contributed by atoms with Crippen LogP contribution in [-0.2, 0) is 16.1 Å². The Hall–Kier alpha value is -2.17. The third-order valence-electron chi connectivity index (χ3n) is 4.56. The number of anilines is 1. The van der Waals surface area contributed by atoms with Crippen molar-refractivity contribution in [1.29, 1.82) is 0 Å². The molecular weight excluding hydrogens is 324 g/mol. The minimum absolute atomic E-state index is 0.0447. The van der Waals surface area contributed by atoms with Crippen LogP contribution >= 0.6 is 0 Å². The topological polar surface area (TPSA) is 42.8 Å². The van der Waals surface area contributed by atoms with Gasteiger partial charge in [-0.3, -0.25) is 4.79 Å². The first-order valence-electron chi connectivity index (χ1n) is 9.27. The highest BCUT2D eigenvalue weighted by Crippen LogP contribution is 2.27. The van der Waals surface area contributed by atoms with Gasteiger partial charge in [0.1, 0.15) is 13.1 Å². The van der Waals surface area contributed by atoms with Crippen LogP contribution in [0.5, 0.6) is 0 Å². The SMILES string of the molecule is COCC[NH+](CC(=O)Nc1c(C)cccc1C(C)C)Cc1ccccc1. The van der Waals surface area contributed by atoms with Gasteiger partial charge >= 0.3 is 0 Å². The summed E-state index contributed by atoms with van der Waals surface area (Å²) in [6.07, 6.45) is 0. The summed E-state index contributed by atoms with van der Waals surface area (Å²) >= 11 is 0. The first kappa shape index (κ1) is 20.1. The lowest BCUT2D eigenvalue weighted by Crippen LogP contribution is -3.12. The van der Waals surface area contributed by atoms with Gasteiger partial charge in [0.2, 0.25) is 0 Å². The van der Waals surface area contributed by atoms with Crippen LogP contribution in [0.4, 0.5) is 5.69 Å². The molecule has 0 saturated carbocycles. The maximum atomic E-state index is 12.7. The Balaban J connectivity index is 2.07. The summed E-state index contributed by atoms with van der Waals surface area (Å²) in [6, 6.07) is 16.5. The third-order valence-corrected chi connectivity index (χ3v) is 4.56. The quantitative estimate of drug-likeness (QED) is 0.726. The Morgan fingerprint density at radius 1 is 1.12 bits per heavy atom. The predicted molar refractivity (Wildman–Crippen MR) is 107 cm³/mol. The van der Waals surface area contributed by atoms with Crippen LogP contribution in [0.1, 0.15) is 36.5 Å². The number of carbonyl (C=O) groups excluding carboxylic acids is 1. The van der Waals surface area contributed by atoms with Crippen molar-refractivity contribution in [3.05, 3.63) is 65.2 Å². The van der Waals surface area contributed by atoms with E-state index in [0.717, 1.165) is 24.3 Å². The predicted octanol–water partition coefficient (Wildman–Crippen LogP) is 2.79. The minimum atomic E-state index is 0.0447. The van der Waals surface area contributed by atoms with Crippen LogP contribution < -0.4 is 10.2 Å². The van der Waals surface area contributed by atoms with Gasteiger partial charge in [-0.15, -0.1) is 0 Å². The molecule has 0 saturated heterocycles. The number of amides is 1. The van der Waals surface area contributed by atoms with Crippen molar-refractivity contribution in [2.24, 2.45) is 0 Å². The third kappa shape index (κ3) is 5.97. The van der Waals surface area contributed by atoms with Gasteiger partial charge < -0.3 is 15.0 Å². The number of nitrogens with one attached hydrogen (secondary N) is 2. The molecule has 0 aromatic heterocycles. The molecule has 0 aliphatic carbocycles. The highest BCUT2D eigenvalue weighted by atomic mass is 16.5. The lowest BCUT2D eigenvalue weighted by Gasteiger charge is -2.21. The van der Waals surface area contributed by atoms with Crippen LogP contribution in [0.15, 0.2) is 48.5 Å². The summed E-state index contributed by atoms with van der Waals surface area (Å²) in [7, 11) is 1.70. The Kier molecular flexibility index (Phi) is 7.82. The monoisotopic (exact) mass is 355 g/mol. The van der Waals surface area contributed by atoms with Crippen molar-refractivity contribution >= 4 is 11.6 Å². The summed E-state index contributed by atoms with van der Waals surface area (Å²) in [5.41, 5.74) is 4.47. The van der Waals surface area contributed by atoms with E-state index < -0.39 is 0 Å². The van der Waals surface area contributed by atoms with Crippen LogP contribution in [0, 0.1) is 6.92 Å². The zero-order chi connectivity index (χ0) is 18.9. The maximum Gasteiger partial charge on any atom is 0.279 e. The molecule has 140 valence electrons. The molecule has 2 aromatic carbocycles. The van der Waals surface area contributed by atoms with Gasteiger partial charge in [-0.1, -0.05) is 62.4 Å². The van der Waals surface area contributed by atoms with E-state index in [1.165, 1.54) is 16.0 Å². The van der Waals surface area contributed by atoms with E-state index in [0.29, 0.717) is 19.1 Å². The average molecular weight is 356 g/mol. The summed E-state index contributed by atoms with van der Waals surface area (Å²) in [5, 5.41) is 3.15. The Morgan fingerprint density at radius 3 is 2.50 bits per heavy atom. The zero-order valence-electron chi connectivity index (χ0n) is 16.3. The molecular formula is C22H31N2O2+. The second-order valence-electron chi connectivity index (χ2n) is 7.07. The van der Waals surface area contributed by atoms with Crippen LogP contribution in [0.25, 0.3) is 0 Å². The normalized spacial score (nSPS) is 12.2. The van der Waals surface area contributed by atoms with Gasteiger partial charge in [-0.25, -0.2) is 0 Å². The standard InChI is InChI=1S/C22H30N2O2/c1-17(2)20-12-8-9-18(3)22(20)23-21(25)16-24(13-14-26-4)15-19-10-6-5-7-11-19/h5-12,17H,13-16H2,1-4H3,(H,23,25)/p+1. The van der Waals surface area contributed by atoms with E-state index in [4.69, 9.17) is 4.74 Å². The molecule has 1 atom stereocenters. The second kappa shape index (κ2) is 10.1. The molecule has 4 heteroatoms. The van der Waals surface area contributed by atoms with Crippen molar-refractivity contribution in [3.8, 4) is 0 Å². The van der Waals surface area contributed by atoms with Crippen LogP contribution in [-0.4, -0.2) is 32.7 Å². The van der Waals surface area contributed by atoms with Crippen LogP contribution in [0.3, 0.4) is 0 Å². The number of para-hydroxylation sites is 1. The minimum Gasteiger partial charge on any atom is -0.379 e. The highest BCUT2D eigenvalue weighted by Gasteiger charge is 2.17. The number of ether oxygens (including phenoxy) is 1. The zero-order valence-corrected chi connectivity index (χ0v) is 16.3. The molecule has 2 N–H and O–H groups in total. The van der Waals surface area contributed by atoms with E-state index in [-0.39, 0.29) is 5.91 Å². The first-order valence-corrected chi connectivity index (χ1v) is 9.27. The average Bonchev–Trinajstić information content (AvgIpc) is 2.62. The second-order valence-corrected chi connectivity index (χ2v) is 7.07. The van der Waals surface area contributed by atoms with E-state index in [1.807, 2.05) is 37.3 Å². The summed E-state index contributed by atoms with van der Waals surface area (Å²) in [6.45, 7) is 9.00. The molecule has 26 heavy (non-hydrogen) atoms. The fourth-order valence-corrected chi connectivity index (χ4v) is 3.12. The van der Waals surface area contributed by atoms with E-state index in [1.54, 1.807) is 7.11 Å². The molecule has 0 aliphatic rings. The molecule has 1 amide bonds. The number of hydrogen-bond acceptors (Lipinski definition) is 2. The lowest BCUT2D eigenvalue weighted by molar-refractivity contribution is -0.906. The van der Waals surface area contributed by atoms with Gasteiger partial charge in [0.15, 0.2) is 6.54 Å². The summed E-state index contributed by atoms with van der Waals surface area (Å²) in [5.74, 6) is 0.412. The smallest absolute Gasteiger partial charge is 0.279 e. The molecule has 0 radical (unpaired) electrons. The van der Waals surface area contributed by atoms with Gasteiger partial charge in [-0.2, -0.15) is 0 Å². The summed E-state index contributed by atoms with van der Waals surface area (Å²) < 4.78 is 5.23. The highest BCUT2D eigenvalue weighted by molar-refractivity contribution is 5.93. The van der Waals surface area contributed by atoms with Crippen molar-refractivity contribution in [2.45, 2.75) is 33.2 Å². The van der Waals surface area contributed by atoms with Crippen LogP contribution in [0.2, 0.25) is 0 Å². The molecule has 2 aromatic rings. The number of rotatable bonds is 9. The molecule has 0 bridgehead atoms. The van der Waals surface area contributed by atoms with Gasteiger partial charge in [-0.05, 0) is 24.0 Å². The largest absolute Gasteiger partial charge is 0.379 e. The number of carbonyl (C=O) groups is 1. The van der Waals surface area contributed by atoms with Crippen molar-refractivity contribution in [2.75, 3.05) is 32.1 Å². The van der Waals surface area contributed by atoms with Crippen molar-refractivity contribution in [1.82, 2.24) is 0 Å². The fourth-order valence-electron chi connectivity index (χ4n) is 3.12. The molecule has 2 rings (SSSR count). The molecule has 0 heterocycles.